The molecule has 2 fully saturated rings. The Balaban J connectivity index is 1.44. The number of carbonyl (C=O) groups excluding carboxylic acids is 2. The second-order valence-corrected chi connectivity index (χ2v) is 8.63. The first-order valence-corrected chi connectivity index (χ1v) is 10.9. The monoisotopic (exact) mass is 454 g/mol. The Morgan fingerprint density at radius 1 is 1.18 bits per heavy atom. The van der Waals surface area contributed by atoms with Crippen LogP contribution in [-0.4, -0.2) is 41.9 Å². The number of piperidine rings is 1. The summed E-state index contributed by atoms with van der Waals surface area (Å²) in [4.78, 5) is 27.1. The van der Waals surface area contributed by atoms with Crippen LogP contribution < -0.4 is 10.1 Å². The second-order valence-electron chi connectivity index (χ2n) is 7.78. The number of benzene rings is 1. The maximum atomic E-state index is 13.2. The summed E-state index contributed by atoms with van der Waals surface area (Å²) in [6.45, 7) is 3.06. The van der Waals surface area contributed by atoms with E-state index in [1.807, 2.05) is 4.90 Å². The Morgan fingerprint density at radius 2 is 1.86 bits per heavy atom. The van der Waals surface area contributed by atoms with Gasteiger partial charge in [-0.2, -0.15) is 0 Å². The first kappa shape index (κ1) is 21.1. The highest BCUT2D eigenvalue weighted by Gasteiger charge is 2.30. The molecule has 154 valence electrons. The van der Waals surface area contributed by atoms with E-state index >= 15 is 0 Å². The SMILES string of the molecule is CC(Oc1ccc(F)cc1Br)C(=O)NC1CCN(C(=O)C2CCCCC2)CC1. The summed E-state index contributed by atoms with van der Waals surface area (Å²) in [7, 11) is 0. The van der Waals surface area contributed by atoms with Crippen LogP contribution in [0.25, 0.3) is 0 Å². The molecule has 3 rings (SSSR count). The summed E-state index contributed by atoms with van der Waals surface area (Å²) in [5.74, 6) is 0.348. The van der Waals surface area contributed by atoms with Crippen molar-refractivity contribution in [3.8, 4) is 5.75 Å². The summed E-state index contributed by atoms with van der Waals surface area (Å²) < 4.78 is 19.3. The van der Waals surface area contributed by atoms with Gasteiger partial charge < -0.3 is 15.0 Å². The molecule has 1 N–H and O–H groups in total. The lowest BCUT2D eigenvalue weighted by atomic mass is 9.87. The van der Waals surface area contributed by atoms with Crippen molar-refractivity contribution in [2.24, 2.45) is 5.92 Å². The normalized spacial score (nSPS) is 19.9. The van der Waals surface area contributed by atoms with Gasteiger partial charge in [-0.25, -0.2) is 4.39 Å². The molecule has 0 bridgehead atoms. The molecule has 2 amide bonds. The van der Waals surface area contributed by atoms with Crippen molar-refractivity contribution >= 4 is 27.7 Å². The minimum atomic E-state index is -0.691. The highest BCUT2D eigenvalue weighted by atomic mass is 79.9. The zero-order valence-corrected chi connectivity index (χ0v) is 17.8. The third-order valence-electron chi connectivity index (χ3n) is 5.67. The number of rotatable bonds is 5. The summed E-state index contributed by atoms with van der Waals surface area (Å²) >= 11 is 3.24. The van der Waals surface area contributed by atoms with Crippen molar-refractivity contribution in [1.82, 2.24) is 10.2 Å². The molecule has 2 aliphatic rings. The number of likely N-dealkylation sites (tertiary alicyclic amines) is 1. The molecular weight excluding hydrogens is 427 g/mol. The molecule has 0 aromatic heterocycles. The second kappa shape index (κ2) is 9.72. The van der Waals surface area contributed by atoms with Crippen LogP contribution >= 0.6 is 15.9 Å². The minimum Gasteiger partial charge on any atom is -0.480 e. The molecule has 1 aliphatic carbocycles. The maximum Gasteiger partial charge on any atom is 0.260 e. The fourth-order valence-corrected chi connectivity index (χ4v) is 4.43. The average Bonchev–Trinajstić information content (AvgIpc) is 2.70. The van der Waals surface area contributed by atoms with E-state index in [1.54, 1.807) is 6.92 Å². The first-order chi connectivity index (χ1) is 13.4. The molecule has 1 heterocycles. The van der Waals surface area contributed by atoms with Crippen LogP contribution in [0.4, 0.5) is 4.39 Å². The molecule has 1 aromatic rings. The standard InChI is InChI=1S/C21H28BrFN2O3/c1-14(28-19-8-7-16(23)13-18(19)22)20(26)24-17-9-11-25(12-10-17)21(27)15-5-3-2-4-6-15/h7-8,13-15,17H,2-6,9-12H2,1H3,(H,24,26). The fourth-order valence-electron chi connectivity index (χ4n) is 3.99. The van der Waals surface area contributed by atoms with Crippen LogP contribution in [0, 0.1) is 11.7 Å². The predicted molar refractivity (Wildman–Crippen MR) is 109 cm³/mol. The van der Waals surface area contributed by atoms with Crippen LogP contribution in [0.15, 0.2) is 22.7 Å². The Bertz CT molecular complexity index is 701. The van der Waals surface area contributed by atoms with Crippen LogP contribution in [0.5, 0.6) is 5.75 Å². The molecule has 28 heavy (non-hydrogen) atoms. The highest BCUT2D eigenvalue weighted by Crippen LogP contribution is 2.28. The number of halogens is 2. The van der Waals surface area contributed by atoms with Crippen LogP contribution in [0.1, 0.15) is 51.9 Å². The minimum absolute atomic E-state index is 0.0469. The molecule has 0 radical (unpaired) electrons. The van der Waals surface area contributed by atoms with Gasteiger partial charge in [0, 0.05) is 25.0 Å². The van der Waals surface area contributed by atoms with Crippen LogP contribution in [-0.2, 0) is 9.59 Å². The molecule has 1 aromatic carbocycles. The zero-order chi connectivity index (χ0) is 20.1. The summed E-state index contributed by atoms with van der Waals surface area (Å²) in [5.41, 5.74) is 0. The quantitative estimate of drug-likeness (QED) is 0.729. The highest BCUT2D eigenvalue weighted by molar-refractivity contribution is 9.10. The molecule has 1 saturated heterocycles. The van der Waals surface area contributed by atoms with Gasteiger partial charge in [0.05, 0.1) is 4.47 Å². The summed E-state index contributed by atoms with van der Waals surface area (Å²) in [5, 5.41) is 3.02. The van der Waals surface area contributed by atoms with Gasteiger partial charge in [0.25, 0.3) is 5.91 Å². The van der Waals surface area contributed by atoms with Gasteiger partial charge in [-0.15, -0.1) is 0 Å². The Labute approximate surface area is 174 Å². The van der Waals surface area contributed by atoms with E-state index in [0.717, 1.165) is 38.5 Å². The molecule has 7 heteroatoms. The van der Waals surface area contributed by atoms with Crippen molar-refractivity contribution in [3.05, 3.63) is 28.5 Å². The smallest absolute Gasteiger partial charge is 0.260 e. The third-order valence-corrected chi connectivity index (χ3v) is 6.29. The number of carbonyl (C=O) groups is 2. The van der Waals surface area contributed by atoms with Crippen LogP contribution in [0.3, 0.4) is 0 Å². The fraction of sp³-hybridized carbons (Fsp3) is 0.619. The molecule has 1 unspecified atom stereocenters. The number of ether oxygens (including phenoxy) is 1. The summed E-state index contributed by atoms with van der Waals surface area (Å²) in [6.07, 6.45) is 6.42. The molecule has 0 spiro atoms. The Morgan fingerprint density at radius 3 is 2.50 bits per heavy atom. The van der Waals surface area contributed by atoms with Gasteiger partial charge in [0.15, 0.2) is 6.10 Å². The van der Waals surface area contributed by atoms with E-state index in [9.17, 15) is 14.0 Å². The first-order valence-electron chi connectivity index (χ1n) is 10.1. The van der Waals surface area contributed by atoms with Crippen molar-refractivity contribution in [2.45, 2.75) is 64.0 Å². The van der Waals surface area contributed by atoms with E-state index < -0.39 is 6.10 Å². The molecular formula is C21H28BrFN2O3. The lowest BCUT2D eigenvalue weighted by molar-refractivity contribution is -0.137. The third kappa shape index (κ3) is 5.46. The van der Waals surface area contributed by atoms with Crippen molar-refractivity contribution in [2.75, 3.05) is 13.1 Å². The summed E-state index contributed by atoms with van der Waals surface area (Å²) in [6, 6.07) is 4.15. The largest absolute Gasteiger partial charge is 0.480 e. The van der Waals surface area contributed by atoms with Gasteiger partial charge in [-0.3, -0.25) is 9.59 Å². The molecule has 5 nitrogen and oxygen atoms in total. The van der Waals surface area contributed by atoms with E-state index in [4.69, 9.17) is 4.74 Å². The number of nitrogens with one attached hydrogen (secondary N) is 1. The maximum absolute atomic E-state index is 13.2. The Kier molecular flexibility index (Phi) is 7.32. The van der Waals surface area contributed by atoms with Gasteiger partial charge in [0.1, 0.15) is 11.6 Å². The lowest BCUT2D eigenvalue weighted by Gasteiger charge is -2.35. The number of nitrogens with zero attached hydrogens (tertiary/aromatic N) is 1. The average molecular weight is 455 g/mol. The van der Waals surface area contributed by atoms with Crippen molar-refractivity contribution in [1.29, 1.82) is 0 Å². The lowest BCUT2D eigenvalue weighted by Crippen LogP contribution is -2.50. The number of amides is 2. The topological polar surface area (TPSA) is 58.6 Å². The van der Waals surface area contributed by atoms with Gasteiger partial charge >= 0.3 is 0 Å². The molecule has 1 atom stereocenters. The number of hydrogen-bond donors (Lipinski definition) is 1. The predicted octanol–water partition coefficient (Wildman–Crippen LogP) is 4.04. The van der Waals surface area contributed by atoms with Gasteiger partial charge in [-0.1, -0.05) is 19.3 Å². The molecule has 1 aliphatic heterocycles. The van der Waals surface area contributed by atoms with Crippen molar-refractivity contribution < 1.29 is 18.7 Å². The molecule has 1 saturated carbocycles. The number of hydrogen-bond acceptors (Lipinski definition) is 3. The van der Waals surface area contributed by atoms with E-state index in [1.165, 1.54) is 24.6 Å². The van der Waals surface area contributed by atoms with Crippen molar-refractivity contribution in [3.63, 3.8) is 0 Å². The van der Waals surface area contributed by atoms with Gasteiger partial charge in [-0.05, 0) is 66.7 Å². The van der Waals surface area contributed by atoms with E-state index in [0.29, 0.717) is 29.2 Å². The van der Waals surface area contributed by atoms with Gasteiger partial charge in [0.2, 0.25) is 5.91 Å². The van der Waals surface area contributed by atoms with E-state index in [-0.39, 0.29) is 23.7 Å². The Hall–Kier alpha value is -1.63. The zero-order valence-electron chi connectivity index (χ0n) is 16.3. The van der Waals surface area contributed by atoms with Crippen LogP contribution in [0.2, 0.25) is 0 Å². The van der Waals surface area contributed by atoms with E-state index in [2.05, 4.69) is 21.2 Å².